The van der Waals surface area contributed by atoms with Gasteiger partial charge in [0.25, 0.3) is 0 Å². The fourth-order valence-electron chi connectivity index (χ4n) is 3.51. The predicted octanol–water partition coefficient (Wildman–Crippen LogP) is 1.73. The van der Waals surface area contributed by atoms with E-state index in [1.165, 1.54) is 38.9 Å². The molecule has 0 aliphatic carbocycles. The highest BCUT2D eigenvalue weighted by Gasteiger charge is 2.31. The lowest BCUT2D eigenvalue weighted by molar-refractivity contribution is 0.0644. The number of piperidine rings is 1. The smallest absolute Gasteiger partial charge is 0.0613 e. The molecule has 2 heterocycles. The minimum absolute atomic E-state index is 0.521. The largest absolute Gasteiger partial charge is 0.378 e. The number of hydrogen-bond donors (Lipinski definition) is 1. The van der Waals surface area contributed by atoms with Gasteiger partial charge in [-0.05, 0) is 44.7 Å². The Labute approximate surface area is 106 Å². The van der Waals surface area contributed by atoms with Crippen LogP contribution in [0, 0.1) is 11.8 Å². The van der Waals surface area contributed by atoms with Gasteiger partial charge in [0, 0.05) is 25.7 Å². The Morgan fingerprint density at radius 2 is 2.18 bits per heavy atom. The molecule has 2 saturated heterocycles. The molecular weight excluding hydrogens is 212 g/mol. The van der Waals surface area contributed by atoms with Gasteiger partial charge >= 0.3 is 0 Å². The van der Waals surface area contributed by atoms with E-state index in [0.29, 0.717) is 12.1 Å². The molecule has 0 saturated carbocycles. The average molecular weight is 240 g/mol. The van der Waals surface area contributed by atoms with Gasteiger partial charge in [0.2, 0.25) is 0 Å². The number of likely N-dealkylation sites (tertiary alicyclic amines) is 1. The first-order valence-corrected chi connectivity index (χ1v) is 7.25. The molecule has 3 nitrogen and oxygen atoms in total. The summed E-state index contributed by atoms with van der Waals surface area (Å²) in [5, 5.41) is 3.44. The van der Waals surface area contributed by atoms with Gasteiger partial charge in [-0.3, -0.25) is 0 Å². The van der Waals surface area contributed by atoms with E-state index < -0.39 is 0 Å². The molecule has 2 rings (SSSR count). The lowest BCUT2D eigenvalue weighted by atomic mass is 9.92. The second-order valence-electron chi connectivity index (χ2n) is 5.79. The quantitative estimate of drug-likeness (QED) is 0.810. The number of hydrogen-bond acceptors (Lipinski definition) is 3. The van der Waals surface area contributed by atoms with E-state index in [1.54, 1.807) is 0 Å². The van der Waals surface area contributed by atoms with E-state index in [9.17, 15) is 0 Å². The minimum atomic E-state index is 0.521. The Morgan fingerprint density at radius 1 is 1.35 bits per heavy atom. The third-order valence-corrected chi connectivity index (χ3v) is 4.60. The molecule has 4 atom stereocenters. The number of nitrogens with one attached hydrogen (secondary N) is 1. The van der Waals surface area contributed by atoms with Gasteiger partial charge in [-0.2, -0.15) is 0 Å². The van der Waals surface area contributed by atoms with Crippen LogP contribution in [0.4, 0.5) is 0 Å². The van der Waals surface area contributed by atoms with Crippen LogP contribution in [0.25, 0.3) is 0 Å². The van der Waals surface area contributed by atoms with Gasteiger partial charge in [0.1, 0.15) is 0 Å². The van der Waals surface area contributed by atoms with Crippen LogP contribution in [-0.2, 0) is 4.74 Å². The Hall–Kier alpha value is -0.120. The fraction of sp³-hybridized carbons (Fsp3) is 1.00. The summed E-state index contributed by atoms with van der Waals surface area (Å²) >= 11 is 0. The molecule has 2 aliphatic rings. The third-order valence-electron chi connectivity index (χ3n) is 4.60. The van der Waals surface area contributed by atoms with E-state index in [0.717, 1.165) is 18.4 Å². The fourth-order valence-corrected chi connectivity index (χ4v) is 3.51. The monoisotopic (exact) mass is 240 g/mol. The predicted molar refractivity (Wildman–Crippen MR) is 71.2 cm³/mol. The first kappa shape index (κ1) is 13.3. The van der Waals surface area contributed by atoms with Crippen LogP contribution in [0.5, 0.6) is 0 Å². The molecule has 0 aromatic carbocycles. The van der Waals surface area contributed by atoms with Crippen molar-refractivity contribution >= 4 is 0 Å². The summed E-state index contributed by atoms with van der Waals surface area (Å²) in [6.45, 7) is 9.35. The summed E-state index contributed by atoms with van der Waals surface area (Å²) in [6.07, 6.45) is 4.25. The zero-order valence-corrected chi connectivity index (χ0v) is 11.6. The van der Waals surface area contributed by atoms with E-state index in [-0.39, 0.29) is 0 Å². The van der Waals surface area contributed by atoms with Gasteiger partial charge in [0.05, 0.1) is 6.10 Å². The maximum Gasteiger partial charge on any atom is 0.0613 e. The number of rotatable bonds is 4. The Balaban J connectivity index is 1.80. The normalized spacial score (nSPS) is 39.7. The third kappa shape index (κ3) is 3.21. The standard InChI is InChI=1S/C14H28N2O/c1-4-14-12(6-8-17-14)10-16-7-5-13(15-3)11(2)9-16/h11-15H,4-10H2,1-3H3. The van der Waals surface area contributed by atoms with Gasteiger partial charge in [-0.25, -0.2) is 0 Å². The van der Waals surface area contributed by atoms with Crippen molar-refractivity contribution in [3.8, 4) is 0 Å². The van der Waals surface area contributed by atoms with Crippen LogP contribution in [0.15, 0.2) is 0 Å². The molecule has 4 unspecified atom stereocenters. The van der Waals surface area contributed by atoms with Gasteiger partial charge in [-0.15, -0.1) is 0 Å². The van der Waals surface area contributed by atoms with Gasteiger partial charge in [0.15, 0.2) is 0 Å². The van der Waals surface area contributed by atoms with Crippen LogP contribution in [0.1, 0.15) is 33.1 Å². The first-order valence-electron chi connectivity index (χ1n) is 7.25. The van der Waals surface area contributed by atoms with Crippen LogP contribution in [0.2, 0.25) is 0 Å². The van der Waals surface area contributed by atoms with E-state index >= 15 is 0 Å². The van der Waals surface area contributed by atoms with Crippen molar-refractivity contribution in [2.24, 2.45) is 11.8 Å². The molecule has 3 heteroatoms. The summed E-state index contributed by atoms with van der Waals surface area (Å²) < 4.78 is 5.79. The topological polar surface area (TPSA) is 24.5 Å². The number of ether oxygens (including phenoxy) is 1. The lowest BCUT2D eigenvalue weighted by Gasteiger charge is -2.38. The molecule has 1 N–H and O–H groups in total. The second-order valence-corrected chi connectivity index (χ2v) is 5.79. The molecule has 0 bridgehead atoms. The Bertz CT molecular complexity index is 234. The number of nitrogens with zero attached hydrogens (tertiary/aromatic N) is 1. The van der Waals surface area contributed by atoms with E-state index in [4.69, 9.17) is 4.74 Å². The molecule has 100 valence electrons. The summed E-state index contributed by atoms with van der Waals surface area (Å²) in [4.78, 5) is 2.65. The van der Waals surface area contributed by atoms with Crippen molar-refractivity contribution in [2.45, 2.75) is 45.3 Å². The zero-order valence-electron chi connectivity index (χ0n) is 11.6. The molecule has 2 fully saturated rings. The molecule has 0 aromatic heterocycles. The van der Waals surface area contributed by atoms with E-state index in [1.807, 2.05) is 0 Å². The van der Waals surface area contributed by atoms with Crippen molar-refractivity contribution in [2.75, 3.05) is 33.3 Å². The summed E-state index contributed by atoms with van der Waals surface area (Å²) in [5.74, 6) is 1.55. The summed E-state index contributed by atoms with van der Waals surface area (Å²) in [7, 11) is 2.09. The summed E-state index contributed by atoms with van der Waals surface area (Å²) in [5.41, 5.74) is 0. The van der Waals surface area contributed by atoms with Crippen LogP contribution < -0.4 is 5.32 Å². The van der Waals surface area contributed by atoms with Crippen molar-refractivity contribution in [1.29, 1.82) is 0 Å². The van der Waals surface area contributed by atoms with Crippen molar-refractivity contribution in [3.63, 3.8) is 0 Å². The molecule has 0 spiro atoms. The van der Waals surface area contributed by atoms with Crippen LogP contribution in [0.3, 0.4) is 0 Å². The van der Waals surface area contributed by atoms with Gasteiger partial charge < -0.3 is 15.0 Å². The van der Waals surface area contributed by atoms with Crippen molar-refractivity contribution < 1.29 is 4.74 Å². The lowest BCUT2D eigenvalue weighted by Crippen LogP contribution is -2.48. The van der Waals surface area contributed by atoms with Crippen molar-refractivity contribution in [1.82, 2.24) is 10.2 Å². The summed E-state index contributed by atoms with van der Waals surface area (Å²) in [6, 6.07) is 0.716. The molecule has 2 aliphatic heterocycles. The highest BCUT2D eigenvalue weighted by Crippen LogP contribution is 2.26. The maximum absolute atomic E-state index is 5.79. The molecule has 0 amide bonds. The molecule has 0 aromatic rings. The SMILES string of the molecule is CCC1OCCC1CN1CCC(NC)C(C)C1. The zero-order chi connectivity index (χ0) is 12.3. The molecule has 0 radical (unpaired) electrons. The van der Waals surface area contributed by atoms with E-state index in [2.05, 4.69) is 31.1 Å². The second kappa shape index (κ2) is 6.17. The van der Waals surface area contributed by atoms with Crippen LogP contribution >= 0.6 is 0 Å². The minimum Gasteiger partial charge on any atom is -0.378 e. The average Bonchev–Trinajstić information content (AvgIpc) is 2.76. The molecule has 17 heavy (non-hydrogen) atoms. The van der Waals surface area contributed by atoms with Crippen LogP contribution in [-0.4, -0.2) is 50.3 Å². The first-order chi connectivity index (χ1) is 8.24. The highest BCUT2D eigenvalue weighted by atomic mass is 16.5. The van der Waals surface area contributed by atoms with Crippen molar-refractivity contribution in [3.05, 3.63) is 0 Å². The Kier molecular flexibility index (Phi) is 4.83. The van der Waals surface area contributed by atoms with Gasteiger partial charge in [-0.1, -0.05) is 13.8 Å². The highest BCUT2D eigenvalue weighted by molar-refractivity contribution is 4.85. The maximum atomic E-state index is 5.79. The molecular formula is C14H28N2O. The Morgan fingerprint density at radius 3 is 2.82 bits per heavy atom.